The lowest BCUT2D eigenvalue weighted by molar-refractivity contribution is 0.199. The van der Waals surface area contributed by atoms with Crippen molar-refractivity contribution in [3.8, 4) is 0 Å². The number of aliphatic hydroxyl groups is 1. The van der Waals surface area contributed by atoms with Crippen molar-refractivity contribution >= 4 is 0 Å². The van der Waals surface area contributed by atoms with Gasteiger partial charge in [0.2, 0.25) is 0 Å². The van der Waals surface area contributed by atoms with E-state index in [0.717, 1.165) is 5.56 Å². The van der Waals surface area contributed by atoms with Gasteiger partial charge in [-0.2, -0.15) is 0 Å². The zero-order chi connectivity index (χ0) is 6.69. The van der Waals surface area contributed by atoms with E-state index < -0.39 is 0 Å². The molecule has 1 N–H and O–H groups in total. The maximum Gasteiger partial charge on any atom is 0.0761 e. The quantitative estimate of drug-likeness (QED) is 0.631. The van der Waals surface area contributed by atoms with Crippen molar-refractivity contribution in [2.24, 2.45) is 0 Å². The van der Waals surface area contributed by atoms with Gasteiger partial charge in [-0.15, -0.1) is 0 Å². The van der Waals surface area contributed by atoms with Gasteiger partial charge in [0.05, 0.1) is 6.10 Å². The van der Waals surface area contributed by atoms with Gasteiger partial charge in [-0.25, -0.2) is 0 Å². The molecule has 0 aliphatic heterocycles. The van der Waals surface area contributed by atoms with Gasteiger partial charge in [0.25, 0.3) is 0 Å². The molecule has 0 fully saturated rings. The molecule has 0 saturated heterocycles. The van der Waals surface area contributed by atoms with E-state index in [2.05, 4.69) is 0 Å². The van der Waals surface area contributed by atoms with Crippen molar-refractivity contribution in [2.45, 2.75) is 20.5 Å². The Morgan fingerprint density at radius 3 is 2.00 bits per heavy atom. The highest BCUT2D eigenvalue weighted by Gasteiger charge is 1.95. The van der Waals surface area contributed by atoms with E-state index >= 15 is 0 Å². The average Bonchev–Trinajstić information content (AvgIpc) is 1.90. The second-order valence-electron chi connectivity index (χ2n) is 2.09. The summed E-state index contributed by atoms with van der Waals surface area (Å²) in [6.45, 7) is 1.76. The molecule has 1 rings (SSSR count). The Kier molecular flexibility index (Phi) is 3.74. The van der Waals surface area contributed by atoms with E-state index in [4.69, 9.17) is 5.11 Å². The first-order valence-corrected chi connectivity index (χ1v) is 3.03. The van der Waals surface area contributed by atoms with Crippen LogP contribution in [0.5, 0.6) is 0 Å². The molecular weight excluding hydrogens is 124 g/mol. The fourth-order valence-electron chi connectivity index (χ4n) is 0.732. The Balaban J connectivity index is 0.000000810. The Morgan fingerprint density at radius 2 is 1.70 bits per heavy atom. The van der Waals surface area contributed by atoms with E-state index in [-0.39, 0.29) is 13.5 Å². The van der Waals surface area contributed by atoms with Crippen LogP contribution in [0.1, 0.15) is 26.0 Å². The third-order valence-corrected chi connectivity index (χ3v) is 1.28. The molecule has 0 heterocycles. The first-order chi connectivity index (χ1) is 4.30. The molecule has 1 heteroatoms. The zero-order valence-electron chi connectivity index (χ0n) is 5.41. The van der Waals surface area contributed by atoms with Gasteiger partial charge in [0.15, 0.2) is 0 Å². The molecule has 0 bridgehead atoms. The van der Waals surface area contributed by atoms with Crippen LogP contribution in [0.15, 0.2) is 30.3 Å². The first kappa shape index (κ1) is 9.18. The first-order valence-electron chi connectivity index (χ1n) is 3.03. The van der Waals surface area contributed by atoms with E-state index in [9.17, 15) is 0 Å². The van der Waals surface area contributed by atoms with Gasteiger partial charge in [-0.1, -0.05) is 37.8 Å². The molecule has 0 spiro atoms. The second-order valence-corrected chi connectivity index (χ2v) is 2.09. The summed E-state index contributed by atoms with van der Waals surface area (Å²) < 4.78 is 0. The van der Waals surface area contributed by atoms with Crippen molar-refractivity contribution in [3.63, 3.8) is 0 Å². The predicted molar refractivity (Wildman–Crippen MR) is 43.8 cm³/mol. The third-order valence-electron chi connectivity index (χ3n) is 1.28. The van der Waals surface area contributed by atoms with E-state index in [0.29, 0.717) is 0 Å². The van der Waals surface area contributed by atoms with Gasteiger partial charge in [0, 0.05) is 0 Å². The molecule has 56 valence electrons. The number of hydrogen-bond acceptors (Lipinski definition) is 1. The number of rotatable bonds is 1. The molecule has 0 unspecified atom stereocenters. The van der Waals surface area contributed by atoms with Crippen molar-refractivity contribution in [2.75, 3.05) is 0 Å². The lowest BCUT2D eigenvalue weighted by Crippen LogP contribution is -1.87. The Bertz CT molecular complexity index is 167. The molecule has 1 atom stereocenters. The van der Waals surface area contributed by atoms with Crippen LogP contribution in [-0.2, 0) is 0 Å². The Labute approximate surface area is 62.3 Å². The highest BCUT2D eigenvalue weighted by molar-refractivity contribution is 5.16. The average molecular weight is 138 g/mol. The largest absolute Gasteiger partial charge is 0.389 e. The summed E-state index contributed by atoms with van der Waals surface area (Å²) in [6, 6.07) is 9.59. The van der Waals surface area contributed by atoms with Crippen molar-refractivity contribution in [3.05, 3.63) is 35.9 Å². The highest BCUT2D eigenvalue weighted by atomic mass is 16.3. The monoisotopic (exact) mass is 138 g/mol. The molecule has 1 nitrogen and oxygen atoms in total. The zero-order valence-corrected chi connectivity index (χ0v) is 5.41. The fraction of sp³-hybridized carbons (Fsp3) is 0.333. The topological polar surface area (TPSA) is 20.2 Å². The lowest BCUT2D eigenvalue weighted by Gasteiger charge is -2.00. The lowest BCUT2D eigenvalue weighted by atomic mass is 10.1. The molecular formula is C9H14O. The summed E-state index contributed by atoms with van der Waals surface area (Å²) in [6.07, 6.45) is -0.341. The van der Waals surface area contributed by atoms with Gasteiger partial charge < -0.3 is 5.11 Å². The number of hydrogen-bond donors (Lipinski definition) is 1. The van der Waals surface area contributed by atoms with Gasteiger partial charge in [-0.3, -0.25) is 0 Å². The van der Waals surface area contributed by atoms with Crippen LogP contribution in [0, 0.1) is 0 Å². The molecule has 10 heavy (non-hydrogen) atoms. The standard InChI is InChI=1S/C8H10O.CH4/c1-7(9)8-5-3-2-4-6-8;/h2-7,9H,1H3;1H4/t7-;/m1./s1. The van der Waals surface area contributed by atoms with Crippen LogP contribution >= 0.6 is 0 Å². The van der Waals surface area contributed by atoms with Gasteiger partial charge in [-0.05, 0) is 12.5 Å². The Hall–Kier alpha value is -0.820. The maximum absolute atomic E-state index is 9.02. The normalized spacial score (nSPS) is 11.8. The molecule has 0 radical (unpaired) electrons. The van der Waals surface area contributed by atoms with Crippen molar-refractivity contribution < 1.29 is 5.11 Å². The highest BCUT2D eigenvalue weighted by Crippen LogP contribution is 2.08. The minimum atomic E-state index is -0.341. The fourth-order valence-corrected chi connectivity index (χ4v) is 0.732. The second kappa shape index (κ2) is 4.07. The molecule has 0 aromatic heterocycles. The Morgan fingerprint density at radius 1 is 1.20 bits per heavy atom. The summed E-state index contributed by atoms with van der Waals surface area (Å²) >= 11 is 0. The summed E-state index contributed by atoms with van der Waals surface area (Å²) in [5.74, 6) is 0. The van der Waals surface area contributed by atoms with Crippen LogP contribution in [0.4, 0.5) is 0 Å². The molecule has 1 aromatic carbocycles. The van der Waals surface area contributed by atoms with Crippen molar-refractivity contribution in [1.82, 2.24) is 0 Å². The van der Waals surface area contributed by atoms with Gasteiger partial charge >= 0.3 is 0 Å². The van der Waals surface area contributed by atoms with Crippen LogP contribution in [-0.4, -0.2) is 5.11 Å². The van der Waals surface area contributed by atoms with E-state index in [1.54, 1.807) is 6.92 Å². The molecule has 0 saturated carbocycles. The maximum atomic E-state index is 9.02. The van der Waals surface area contributed by atoms with Crippen LogP contribution in [0.3, 0.4) is 0 Å². The smallest absolute Gasteiger partial charge is 0.0761 e. The number of aliphatic hydroxyl groups excluding tert-OH is 1. The minimum Gasteiger partial charge on any atom is -0.389 e. The van der Waals surface area contributed by atoms with Crippen LogP contribution in [0.25, 0.3) is 0 Å². The number of benzene rings is 1. The summed E-state index contributed by atoms with van der Waals surface area (Å²) in [5, 5.41) is 9.02. The van der Waals surface area contributed by atoms with E-state index in [1.807, 2.05) is 30.3 Å². The molecule has 0 aliphatic rings. The van der Waals surface area contributed by atoms with Crippen LogP contribution < -0.4 is 0 Å². The summed E-state index contributed by atoms with van der Waals surface area (Å²) in [7, 11) is 0. The molecule has 1 aromatic rings. The van der Waals surface area contributed by atoms with Crippen molar-refractivity contribution in [1.29, 1.82) is 0 Å². The molecule has 0 amide bonds. The summed E-state index contributed by atoms with van der Waals surface area (Å²) in [4.78, 5) is 0. The third kappa shape index (κ3) is 2.19. The minimum absolute atomic E-state index is 0. The summed E-state index contributed by atoms with van der Waals surface area (Å²) in [5.41, 5.74) is 0.970. The molecule has 0 aliphatic carbocycles. The van der Waals surface area contributed by atoms with E-state index in [1.165, 1.54) is 0 Å². The predicted octanol–water partition coefficient (Wildman–Crippen LogP) is 2.38. The SMILES string of the molecule is C.C[C@@H](O)c1ccccc1. The van der Waals surface area contributed by atoms with Crippen LogP contribution in [0.2, 0.25) is 0 Å². The van der Waals surface area contributed by atoms with Gasteiger partial charge in [0.1, 0.15) is 0 Å².